The smallest absolute Gasteiger partial charge is 0.338 e. The van der Waals surface area contributed by atoms with Crippen LogP contribution in [0.25, 0.3) is 0 Å². The van der Waals surface area contributed by atoms with Gasteiger partial charge in [0.15, 0.2) is 0 Å². The van der Waals surface area contributed by atoms with Crippen molar-refractivity contribution in [3.8, 4) is 0 Å². The molecular formula is C14H19NO6S. The molecule has 0 saturated carbocycles. The summed E-state index contributed by atoms with van der Waals surface area (Å²) < 4.78 is 31.3. The first-order valence-electron chi connectivity index (χ1n) is 6.61. The summed E-state index contributed by atoms with van der Waals surface area (Å²) in [5.41, 5.74) is 0.690. The molecule has 0 aromatic heterocycles. The molecule has 0 amide bonds. The van der Waals surface area contributed by atoms with E-state index >= 15 is 0 Å². The number of carboxylic acids is 1. The number of aliphatic carboxylic acids is 1. The molecule has 1 aromatic rings. The van der Waals surface area contributed by atoms with Crippen LogP contribution < -0.4 is 4.72 Å². The van der Waals surface area contributed by atoms with E-state index < -0.39 is 28.0 Å². The predicted molar refractivity (Wildman–Crippen MR) is 79.1 cm³/mol. The van der Waals surface area contributed by atoms with E-state index in [9.17, 15) is 18.0 Å². The molecule has 0 spiro atoms. The highest BCUT2D eigenvalue weighted by molar-refractivity contribution is 7.89. The topological polar surface area (TPSA) is 110 Å². The molecule has 122 valence electrons. The average molecular weight is 329 g/mol. The Morgan fingerprint density at radius 1 is 1.23 bits per heavy atom. The molecule has 8 heteroatoms. The van der Waals surface area contributed by atoms with Gasteiger partial charge in [-0.05, 0) is 45.4 Å². The van der Waals surface area contributed by atoms with Gasteiger partial charge in [-0.25, -0.2) is 13.2 Å². The Labute approximate surface area is 129 Å². The molecule has 0 heterocycles. The van der Waals surface area contributed by atoms with E-state index in [4.69, 9.17) is 9.84 Å². The van der Waals surface area contributed by atoms with Gasteiger partial charge in [-0.2, -0.15) is 4.72 Å². The maximum atomic E-state index is 12.1. The van der Waals surface area contributed by atoms with Crippen molar-refractivity contribution < 1.29 is 27.9 Å². The third-order valence-corrected chi connectivity index (χ3v) is 4.32. The zero-order chi connectivity index (χ0) is 17.1. The van der Waals surface area contributed by atoms with Gasteiger partial charge in [-0.1, -0.05) is 6.07 Å². The zero-order valence-corrected chi connectivity index (χ0v) is 13.6. The van der Waals surface area contributed by atoms with Crippen LogP contribution in [0, 0.1) is 6.92 Å². The van der Waals surface area contributed by atoms with Crippen molar-refractivity contribution in [2.45, 2.75) is 44.7 Å². The standard InChI is InChI=1S/C14H19NO6S/c1-8(2)21-14(18)12-7-11(6-5-9(12)3)22(19,20)15-10(4)13(16)17/h5-8,10,15H,1-4H3,(H,16,17)/t10-/m1/s1. The molecule has 0 saturated heterocycles. The summed E-state index contributed by atoms with van der Waals surface area (Å²) in [5.74, 6) is -1.93. The first-order valence-corrected chi connectivity index (χ1v) is 8.09. The van der Waals surface area contributed by atoms with Crippen LogP contribution in [0.15, 0.2) is 23.1 Å². The van der Waals surface area contributed by atoms with Crippen molar-refractivity contribution in [2.75, 3.05) is 0 Å². The number of aryl methyl sites for hydroxylation is 1. The highest BCUT2D eigenvalue weighted by Crippen LogP contribution is 2.17. The first-order chi connectivity index (χ1) is 10.0. The Kier molecular flexibility index (Phi) is 5.67. The minimum absolute atomic E-state index is 0.125. The molecule has 1 aromatic carbocycles. The molecule has 0 bridgehead atoms. The van der Waals surface area contributed by atoms with Crippen LogP contribution in [0.5, 0.6) is 0 Å². The van der Waals surface area contributed by atoms with Crippen LogP contribution in [-0.2, 0) is 19.6 Å². The number of hydrogen-bond acceptors (Lipinski definition) is 5. The van der Waals surface area contributed by atoms with E-state index in [2.05, 4.69) is 0 Å². The maximum Gasteiger partial charge on any atom is 0.338 e. The van der Waals surface area contributed by atoms with Crippen LogP contribution in [0.4, 0.5) is 0 Å². The van der Waals surface area contributed by atoms with E-state index in [1.165, 1.54) is 25.1 Å². The van der Waals surface area contributed by atoms with Crippen LogP contribution in [-0.4, -0.2) is 37.6 Å². The fourth-order valence-corrected chi connectivity index (χ4v) is 2.84. The van der Waals surface area contributed by atoms with E-state index in [-0.39, 0.29) is 16.6 Å². The number of esters is 1. The summed E-state index contributed by atoms with van der Waals surface area (Å²) in [4.78, 5) is 22.5. The number of benzene rings is 1. The molecule has 0 fully saturated rings. The SMILES string of the molecule is Cc1ccc(S(=O)(=O)N[C@H](C)C(=O)O)cc1C(=O)OC(C)C. The normalized spacial score (nSPS) is 13.0. The van der Waals surface area contributed by atoms with Crippen molar-refractivity contribution >= 4 is 22.0 Å². The number of ether oxygens (including phenoxy) is 1. The number of carbonyl (C=O) groups excluding carboxylic acids is 1. The van der Waals surface area contributed by atoms with Gasteiger partial charge in [0, 0.05) is 0 Å². The summed E-state index contributed by atoms with van der Waals surface area (Å²) in [6, 6.07) is 2.67. The van der Waals surface area contributed by atoms with Crippen LogP contribution in [0.3, 0.4) is 0 Å². The molecule has 0 aliphatic rings. The van der Waals surface area contributed by atoms with Gasteiger partial charge in [0.1, 0.15) is 6.04 Å². The van der Waals surface area contributed by atoms with Crippen molar-refractivity contribution in [2.24, 2.45) is 0 Å². The molecule has 2 N–H and O–H groups in total. The van der Waals surface area contributed by atoms with Gasteiger partial charge in [-0.3, -0.25) is 4.79 Å². The number of nitrogens with one attached hydrogen (secondary N) is 1. The minimum atomic E-state index is -4.04. The monoisotopic (exact) mass is 329 g/mol. The lowest BCUT2D eigenvalue weighted by Crippen LogP contribution is -2.38. The van der Waals surface area contributed by atoms with Crippen LogP contribution >= 0.6 is 0 Å². The Bertz CT molecular complexity index is 681. The minimum Gasteiger partial charge on any atom is -0.480 e. The van der Waals surface area contributed by atoms with E-state index in [0.29, 0.717) is 5.56 Å². The molecular weight excluding hydrogens is 310 g/mol. The number of carboxylic acid groups (broad SMARTS) is 1. The fraction of sp³-hybridized carbons (Fsp3) is 0.429. The van der Waals surface area contributed by atoms with Gasteiger partial charge >= 0.3 is 11.9 Å². The summed E-state index contributed by atoms with van der Waals surface area (Å²) in [7, 11) is -4.04. The summed E-state index contributed by atoms with van der Waals surface area (Å²) >= 11 is 0. The van der Waals surface area contributed by atoms with Crippen molar-refractivity contribution in [1.82, 2.24) is 4.72 Å². The van der Waals surface area contributed by atoms with Gasteiger partial charge in [0.25, 0.3) is 0 Å². The van der Waals surface area contributed by atoms with Gasteiger partial charge in [-0.15, -0.1) is 0 Å². The third kappa shape index (κ3) is 4.54. The van der Waals surface area contributed by atoms with E-state index in [1.807, 2.05) is 4.72 Å². The molecule has 0 aliphatic heterocycles. The molecule has 0 unspecified atom stereocenters. The number of sulfonamides is 1. The second kappa shape index (κ2) is 6.89. The molecule has 7 nitrogen and oxygen atoms in total. The molecule has 1 atom stereocenters. The van der Waals surface area contributed by atoms with Gasteiger partial charge in [0.05, 0.1) is 16.6 Å². The number of rotatable bonds is 6. The lowest BCUT2D eigenvalue weighted by Gasteiger charge is -2.13. The molecule has 22 heavy (non-hydrogen) atoms. The number of hydrogen-bond donors (Lipinski definition) is 2. The Morgan fingerprint density at radius 3 is 2.32 bits per heavy atom. The summed E-state index contributed by atoms with van der Waals surface area (Å²) in [6.45, 7) is 6.23. The average Bonchev–Trinajstić information content (AvgIpc) is 2.37. The molecule has 0 aliphatic carbocycles. The lowest BCUT2D eigenvalue weighted by molar-refractivity contribution is -0.138. The molecule has 0 radical (unpaired) electrons. The van der Waals surface area contributed by atoms with Crippen LogP contribution in [0.1, 0.15) is 36.7 Å². The third-order valence-electron chi connectivity index (χ3n) is 2.78. The van der Waals surface area contributed by atoms with E-state index in [0.717, 1.165) is 0 Å². The zero-order valence-electron chi connectivity index (χ0n) is 12.8. The second-order valence-corrected chi connectivity index (χ2v) is 6.83. The van der Waals surface area contributed by atoms with Crippen molar-refractivity contribution in [3.63, 3.8) is 0 Å². The quantitative estimate of drug-likeness (QED) is 0.762. The van der Waals surface area contributed by atoms with Crippen molar-refractivity contribution in [3.05, 3.63) is 29.3 Å². The lowest BCUT2D eigenvalue weighted by atomic mass is 10.1. The Morgan fingerprint density at radius 2 is 1.82 bits per heavy atom. The van der Waals surface area contributed by atoms with Crippen LogP contribution in [0.2, 0.25) is 0 Å². The largest absolute Gasteiger partial charge is 0.480 e. The summed E-state index contributed by atoms with van der Waals surface area (Å²) in [6.07, 6.45) is -0.336. The Hall–Kier alpha value is -1.93. The van der Waals surface area contributed by atoms with Gasteiger partial charge in [0.2, 0.25) is 10.0 Å². The fourth-order valence-electron chi connectivity index (χ4n) is 1.62. The first kappa shape index (κ1) is 18.1. The van der Waals surface area contributed by atoms with Gasteiger partial charge < -0.3 is 9.84 Å². The number of carbonyl (C=O) groups is 2. The predicted octanol–water partition coefficient (Wildman–Crippen LogP) is 1.31. The second-order valence-electron chi connectivity index (χ2n) is 5.11. The highest BCUT2D eigenvalue weighted by atomic mass is 32.2. The van der Waals surface area contributed by atoms with Crippen molar-refractivity contribution in [1.29, 1.82) is 0 Å². The molecule has 1 rings (SSSR count). The Balaban J connectivity index is 3.17. The highest BCUT2D eigenvalue weighted by Gasteiger charge is 2.23. The van der Waals surface area contributed by atoms with E-state index in [1.54, 1.807) is 20.8 Å². The maximum absolute atomic E-state index is 12.1. The summed E-state index contributed by atoms with van der Waals surface area (Å²) in [5, 5.41) is 8.78.